The molecule has 1 aliphatic heterocycles. The van der Waals surface area contributed by atoms with Crippen LogP contribution in [0.4, 0.5) is 5.69 Å². The minimum Gasteiger partial charge on any atom is -0.380 e. The monoisotopic (exact) mass is 276 g/mol. The van der Waals surface area contributed by atoms with Gasteiger partial charge in [0.25, 0.3) is 0 Å². The minimum absolute atomic E-state index is 0.797. The average Bonchev–Trinajstić information content (AvgIpc) is 2.95. The van der Waals surface area contributed by atoms with Crippen molar-refractivity contribution in [1.29, 1.82) is 0 Å². The molecule has 1 aliphatic rings. The molecule has 4 nitrogen and oxygen atoms in total. The Bertz CT molecular complexity index is 804. The van der Waals surface area contributed by atoms with Crippen molar-refractivity contribution in [3.05, 3.63) is 54.1 Å². The summed E-state index contributed by atoms with van der Waals surface area (Å²) in [6, 6.07) is 16.7. The summed E-state index contributed by atoms with van der Waals surface area (Å²) in [5.74, 6) is 0. The minimum atomic E-state index is 0.797. The molecule has 0 saturated heterocycles. The molecular formula is C17H16N4. The van der Waals surface area contributed by atoms with Gasteiger partial charge in [0.05, 0.1) is 5.69 Å². The van der Waals surface area contributed by atoms with E-state index in [0.717, 1.165) is 41.3 Å². The molecule has 0 amide bonds. The fourth-order valence-corrected chi connectivity index (χ4v) is 2.92. The molecule has 0 saturated carbocycles. The number of fused-ring (bicyclic) bond motifs is 5. The second kappa shape index (κ2) is 4.74. The lowest BCUT2D eigenvalue weighted by Crippen LogP contribution is -2.08. The second-order valence-electron chi connectivity index (χ2n) is 5.16. The van der Waals surface area contributed by atoms with Gasteiger partial charge >= 0.3 is 0 Å². The van der Waals surface area contributed by atoms with E-state index in [2.05, 4.69) is 71.1 Å². The fourth-order valence-electron chi connectivity index (χ4n) is 2.92. The van der Waals surface area contributed by atoms with Gasteiger partial charge in [-0.2, -0.15) is 0 Å². The van der Waals surface area contributed by atoms with Gasteiger partial charge in [0.2, 0.25) is 0 Å². The quantitative estimate of drug-likeness (QED) is 0.739. The van der Waals surface area contributed by atoms with Crippen LogP contribution in [0.5, 0.6) is 0 Å². The Hall–Kier alpha value is -2.62. The van der Waals surface area contributed by atoms with Crippen LogP contribution in [0, 0.1) is 0 Å². The Morgan fingerprint density at radius 1 is 1.05 bits per heavy atom. The van der Waals surface area contributed by atoms with E-state index < -0.39 is 0 Å². The molecule has 0 unspecified atom stereocenters. The van der Waals surface area contributed by atoms with Crippen LogP contribution >= 0.6 is 0 Å². The van der Waals surface area contributed by atoms with E-state index in [1.807, 2.05) is 4.68 Å². The first-order valence-electron chi connectivity index (χ1n) is 7.23. The molecule has 0 spiro atoms. The third-order valence-electron chi connectivity index (χ3n) is 3.96. The Morgan fingerprint density at radius 2 is 1.81 bits per heavy atom. The maximum Gasteiger partial charge on any atom is 0.121 e. The van der Waals surface area contributed by atoms with E-state index in [1.165, 1.54) is 5.56 Å². The largest absolute Gasteiger partial charge is 0.380 e. The van der Waals surface area contributed by atoms with Gasteiger partial charge in [-0.1, -0.05) is 47.7 Å². The number of para-hydroxylation sites is 1. The second-order valence-corrected chi connectivity index (χ2v) is 5.16. The van der Waals surface area contributed by atoms with Crippen LogP contribution in [-0.2, 0) is 13.1 Å². The maximum absolute atomic E-state index is 4.45. The number of aryl methyl sites for hydroxylation is 1. The predicted octanol–water partition coefficient (Wildman–Crippen LogP) is 3.56. The van der Waals surface area contributed by atoms with Crippen molar-refractivity contribution in [3.8, 4) is 22.5 Å². The van der Waals surface area contributed by atoms with Gasteiger partial charge in [-0.25, -0.2) is 4.68 Å². The van der Waals surface area contributed by atoms with Crippen molar-refractivity contribution in [3.63, 3.8) is 0 Å². The summed E-state index contributed by atoms with van der Waals surface area (Å²) in [6.45, 7) is 3.69. The molecule has 0 fully saturated rings. The summed E-state index contributed by atoms with van der Waals surface area (Å²) in [7, 11) is 0. The lowest BCUT2D eigenvalue weighted by Gasteiger charge is -2.19. The Balaban J connectivity index is 2.07. The van der Waals surface area contributed by atoms with Crippen LogP contribution < -0.4 is 5.32 Å². The highest BCUT2D eigenvalue weighted by Crippen LogP contribution is 2.38. The van der Waals surface area contributed by atoms with Crippen LogP contribution in [0.2, 0.25) is 0 Å². The normalized spacial score (nSPS) is 12.4. The van der Waals surface area contributed by atoms with E-state index in [1.54, 1.807) is 0 Å². The summed E-state index contributed by atoms with van der Waals surface area (Å²) in [5, 5.41) is 12.3. The Morgan fingerprint density at radius 3 is 2.67 bits per heavy atom. The molecule has 1 aromatic heterocycles. The highest BCUT2D eigenvalue weighted by atomic mass is 15.4. The third-order valence-corrected chi connectivity index (χ3v) is 3.96. The number of benzene rings is 2. The lowest BCUT2D eigenvalue weighted by atomic mass is 9.97. The lowest BCUT2D eigenvalue weighted by molar-refractivity contribution is 0.633. The van der Waals surface area contributed by atoms with E-state index in [9.17, 15) is 0 Å². The van der Waals surface area contributed by atoms with Crippen molar-refractivity contribution >= 4 is 5.69 Å². The Kier molecular flexibility index (Phi) is 2.74. The summed E-state index contributed by atoms with van der Waals surface area (Å²) in [6.07, 6.45) is 0. The zero-order chi connectivity index (χ0) is 14.2. The van der Waals surface area contributed by atoms with E-state index in [0.29, 0.717) is 0 Å². The molecule has 4 rings (SSSR count). The maximum atomic E-state index is 4.45. The summed E-state index contributed by atoms with van der Waals surface area (Å²) in [5.41, 5.74) is 6.76. The van der Waals surface area contributed by atoms with Crippen LogP contribution in [0.1, 0.15) is 12.5 Å². The summed E-state index contributed by atoms with van der Waals surface area (Å²) >= 11 is 0. The number of aromatic nitrogens is 3. The first-order valence-corrected chi connectivity index (χ1v) is 7.23. The third kappa shape index (κ3) is 1.83. The topological polar surface area (TPSA) is 42.7 Å². The van der Waals surface area contributed by atoms with Gasteiger partial charge in [-0.05, 0) is 18.6 Å². The molecule has 0 aliphatic carbocycles. The molecule has 0 bridgehead atoms. The molecule has 21 heavy (non-hydrogen) atoms. The van der Waals surface area contributed by atoms with Gasteiger partial charge in [0, 0.05) is 29.9 Å². The van der Waals surface area contributed by atoms with Crippen molar-refractivity contribution in [2.24, 2.45) is 0 Å². The standard InChI is InChI=1S/C17H16N4/c1-2-21-17-14-9-5-6-10-15(14)18-11-12-7-3-4-8-13(12)16(17)19-20-21/h3-10,18H,2,11H2,1H3. The number of rotatable bonds is 1. The molecule has 2 heterocycles. The van der Waals surface area contributed by atoms with Crippen molar-refractivity contribution < 1.29 is 0 Å². The number of nitrogens with one attached hydrogen (secondary N) is 1. The Labute approximate surface area is 123 Å². The smallest absolute Gasteiger partial charge is 0.121 e. The highest BCUT2D eigenvalue weighted by molar-refractivity contribution is 5.87. The van der Waals surface area contributed by atoms with Crippen LogP contribution in [0.15, 0.2) is 48.5 Å². The molecule has 104 valence electrons. The first kappa shape index (κ1) is 12.1. The van der Waals surface area contributed by atoms with Gasteiger partial charge < -0.3 is 5.32 Å². The SMILES string of the molecule is CCn1nnc2c1-c1ccccc1NCc1ccccc1-2. The number of nitrogens with zero attached hydrogens (tertiary/aromatic N) is 3. The average molecular weight is 276 g/mol. The van der Waals surface area contributed by atoms with Gasteiger partial charge in [0.1, 0.15) is 5.69 Å². The molecule has 0 radical (unpaired) electrons. The molecule has 4 heteroatoms. The molecular weight excluding hydrogens is 260 g/mol. The van der Waals surface area contributed by atoms with Crippen LogP contribution in [0.3, 0.4) is 0 Å². The van der Waals surface area contributed by atoms with E-state index >= 15 is 0 Å². The van der Waals surface area contributed by atoms with Crippen molar-refractivity contribution in [1.82, 2.24) is 15.0 Å². The van der Waals surface area contributed by atoms with Gasteiger partial charge in [-0.3, -0.25) is 0 Å². The highest BCUT2D eigenvalue weighted by Gasteiger charge is 2.22. The van der Waals surface area contributed by atoms with Crippen molar-refractivity contribution in [2.45, 2.75) is 20.0 Å². The van der Waals surface area contributed by atoms with Gasteiger partial charge in [0.15, 0.2) is 0 Å². The number of hydrogen-bond donors (Lipinski definition) is 1. The van der Waals surface area contributed by atoms with Crippen LogP contribution in [0.25, 0.3) is 22.5 Å². The summed E-state index contributed by atoms with van der Waals surface area (Å²) in [4.78, 5) is 0. The van der Waals surface area contributed by atoms with Crippen molar-refractivity contribution in [2.75, 3.05) is 5.32 Å². The predicted molar refractivity (Wildman–Crippen MR) is 83.9 cm³/mol. The molecule has 0 atom stereocenters. The summed E-state index contributed by atoms with van der Waals surface area (Å²) < 4.78 is 1.97. The van der Waals surface area contributed by atoms with Gasteiger partial charge in [-0.15, -0.1) is 5.10 Å². The fraction of sp³-hybridized carbons (Fsp3) is 0.176. The molecule has 2 aromatic carbocycles. The molecule has 1 N–H and O–H groups in total. The molecule has 3 aromatic rings. The van der Waals surface area contributed by atoms with E-state index in [4.69, 9.17) is 0 Å². The van der Waals surface area contributed by atoms with E-state index in [-0.39, 0.29) is 0 Å². The van der Waals surface area contributed by atoms with Crippen LogP contribution in [-0.4, -0.2) is 15.0 Å². The zero-order valence-electron chi connectivity index (χ0n) is 11.9. The number of hydrogen-bond acceptors (Lipinski definition) is 3. The number of anilines is 1. The first-order chi connectivity index (χ1) is 10.4. The zero-order valence-corrected chi connectivity index (χ0v) is 11.9.